The van der Waals surface area contributed by atoms with Crippen molar-refractivity contribution in [3.8, 4) is 0 Å². The third-order valence-corrected chi connectivity index (χ3v) is 3.44. The maximum absolute atomic E-state index is 5.34. The fourth-order valence-corrected chi connectivity index (χ4v) is 2.18. The zero-order chi connectivity index (χ0) is 12.8. The molecule has 1 fully saturated rings. The number of aromatic nitrogens is 1. The molecule has 1 aliphatic heterocycles. The van der Waals surface area contributed by atoms with E-state index in [4.69, 9.17) is 4.74 Å². The van der Waals surface area contributed by atoms with E-state index in [2.05, 4.69) is 41.2 Å². The van der Waals surface area contributed by atoms with Gasteiger partial charge >= 0.3 is 0 Å². The topological polar surface area (TPSA) is 37.4 Å². The average molecular weight is 249 g/mol. The first kappa shape index (κ1) is 13.1. The third-order valence-electron chi connectivity index (χ3n) is 3.44. The molecule has 1 aromatic heterocycles. The Labute approximate surface area is 109 Å². The van der Waals surface area contributed by atoms with E-state index in [0.717, 1.165) is 50.7 Å². The molecule has 1 aliphatic rings. The monoisotopic (exact) mass is 249 g/mol. The first-order valence-electron chi connectivity index (χ1n) is 6.88. The fraction of sp³-hybridized carbons (Fsp3) is 0.643. The van der Waals surface area contributed by atoms with Gasteiger partial charge in [-0.05, 0) is 25.0 Å². The average Bonchev–Trinajstić information content (AvgIpc) is 2.46. The summed E-state index contributed by atoms with van der Waals surface area (Å²) < 4.78 is 5.34. The second-order valence-electron chi connectivity index (χ2n) is 4.66. The molecule has 0 unspecified atom stereocenters. The third kappa shape index (κ3) is 3.35. The van der Waals surface area contributed by atoms with Crippen molar-refractivity contribution in [1.82, 2.24) is 4.98 Å². The van der Waals surface area contributed by atoms with Gasteiger partial charge in [-0.1, -0.05) is 13.8 Å². The first-order chi connectivity index (χ1) is 8.83. The van der Waals surface area contributed by atoms with E-state index in [0.29, 0.717) is 6.04 Å². The fourth-order valence-electron chi connectivity index (χ4n) is 2.18. The van der Waals surface area contributed by atoms with Crippen molar-refractivity contribution in [2.45, 2.75) is 32.7 Å². The number of morpholine rings is 1. The minimum absolute atomic E-state index is 0.543. The van der Waals surface area contributed by atoms with E-state index in [1.54, 1.807) is 0 Å². The molecule has 4 heteroatoms. The maximum atomic E-state index is 5.34. The van der Waals surface area contributed by atoms with Crippen LogP contribution in [0.5, 0.6) is 0 Å². The summed E-state index contributed by atoms with van der Waals surface area (Å²) in [6.45, 7) is 7.89. The molecule has 2 heterocycles. The van der Waals surface area contributed by atoms with Crippen LogP contribution < -0.4 is 10.2 Å². The van der Waals surface area contributed by atoms with Gasteiger partial charge in [-0.2, -0.15) is 0 Å². The van der Waals surface area contributed by atoms with Crippen molar-refractivity contribution < 1.29 is 4.74 Å². The van der Waals surface area contributed by atoms with Crippen LogP contribution in [0.25, 0.3) is 0 Å². The molecule has 4 nitrogen and oxygen atoms in total. The van der Waals surface area contributed by atoms with Crippen molar-refractivity contribution in [2.24, 2.45) is 0 Å². The molecule has 0 aromatic carbocycles. The lowest BCUT2D eigenvalue weighted by Crippen LogP contribution is -2.36. The van der Waals surface area contributed by atoms with Crippen LogP contribution in [0.2, 0.25) is 0 Å². The van der Waals surface area contributed by atoms with Crippen LogP contribution in [0.1, 0.15) is 26.7 Å². The molecule has 1 N–H and O–H groups in total. The van der Waals surface area contributed by atoms with Gasteiger partial charge in [-0.3, -0.25) is 0 Å². The second-order valence-corrected chi connectivity index (χ2v) is 4.66. The number of anilines is 2. The first-order valence-corrected chi connectivity index (χ1v) is 6.88. The molecule has 100 valence electrons. The lowest BCUT2D eigenvalue weighted by Gasteiger charge is -2.28. The summed E-state index contributed by atoms with van der Waals surface area (Å²) in [6.07, 6.45) is 4.21. The number of pyridine rings is 1. The predicted molar refractivity (Wildman–Crippen MR) is 75.3 cm³/mol. The van der Waals surface area contributed by atoms with E-state index in [9.17, 15) is 0 Å². The number of nitrogens with one attached hydrogen (secondary N) is 1. The van der Waals surface area contributed by atoms with Crippen molar-refractivity contribution in [3.05, 3.63) is 18.3 Å². The summed E-state index contributed by atoms with van der Waals surface area (Å²) in [5, 5.41) is 3.50. The van der Waals surface area contributed by atoms with Gasteiger partial charge in [0.2, 0.25) is 0 Å². The normalized spacial score (nSPS) is 16.1. The molecule has 0 atom stereocenters. The molecule has 1 aromatic rings. The number of ether oxygens (including phenoxy) is 1. The Morgan fingerprint density at radius 3 is 2.56 bits per heavy atom. The number of nitrogens with zero attached hydrogens (tertiary/aromatic N) is 2. The molecule has 2 rings (SSSR count). The quantitative estimate of drug-likeness (QED) is 0.870. The largest absolute Gasteiger partial charge is 0.381 e. The molecule has 0 aliphatic carbocycles. The van der Waals surface area contributed by atoms with Crippen LogP contribution in [0.15, 0.2) is 18.3 Å². The van der Waals surface area contributed by atoms with Gasteiger partial charge in [-0.15, -0.1) is 0 Å². The molecular weight excluding hydrogens is 226 g/mol. The van der Waals surface area contributed by atoms with Gasteiger partial charge in [0.15, 0.2) is 0 Å². The van der Waals surface area contributed by atoms with Crippen LogP contribution in [0, 0.1) is 0 Å². The van der Waals surface area contributed by atoms with Crippen molar-refractivity contribution in [1.29, 1.82) is 0 Å². The molecule has 0 amide bonds. The summed E-state index contributed by atoms with van der Waals surface area (Å²) in [4.78, 5) is 6.80. The van der Waals surface area contributed by atoms with E-state index in [-0.39, 0.29) is 0 Å². The molecule has 0 spiro atoms. The van der Waals surface area contributed by atoms with Crippen LogP contribution in [0.3, 0.4) is 0 Å². The van der Waals surface area contributed by atoms with Gasteiger partial charge in [0.05, 0.1) is 25.1 Å². The van der Waals surface area contributed by atoms with Crippen molar-refractivity contribution in [2.75, 3.05) is 36.5 Å². The van der Waals surface area contributed by atoms with Crippen LogP contribution in [0.4, 0.5) is 11.5 Å². The van der Waals surface area contributed by atoms with Crippen LogP contribution >= 0.6 is 0 Å². The Kier molecular flexibility index (Phi) is 4.81. The van der Waals surface area contributed by atoms with E-state index >= 15 is 0 Å². The van der Waals surface area contributed by atoms with Crippen LogP contribution in [-0.2, 0) is 4.74 Å². The highest BCUT2D eigenvalue weighted by Crippen LogP contribution is 2.17. The number of rotatable bonds is 5. The minimum atomic E-state index is 0.543. The summed E-state index contributed by atoms with van der Waals surface area (Å²) in [5.41, 5.74) is 1.11. The SMILES string of the molecule is CCC(CC)Nc1ccc(N2CCOCC2)nc1. The lowest BCUT2D eigenvalue weighted by molar-refractivity contribution is 0.122. The van der Waals surface area contributed by atoms with Crippen molar-refractivity contribution >= 4 is 11.5 Å². The molecule has 1 saturated heterocycles. The smallest absolute Gasteiger partial charge is 0.128 e. The Morgan fingerprint density at radius 2 is 2.00 bits per heavy atom. The zero-order valence-corrected chi connectivity index (χ0v) is 11.4. The molecular formula is C14H23N3O. The van der Waals surface area contributed by atoms with Gasteiger partial charge in [-0.25, -0.2) is 4.98 Å². The molecule has 0 radical (unpaired) electrons. The van der Waals surface area contributed by atoms with Crippen molar-refractivity contribution in [3.63, 3.8) is 0 Å². The Morgan fingerprint density at radius 1 is 1.28 bits per heavy atom. The molecule has 0 bridgehead atoms. The lowest BCUT2D eigenvalue weighted by atomic mass is 10.1. The van der Waals surface area contributed by atoms with Gasteiger partial charge in [0.25, 0.3) is 0 Å². The number of hydrogen-bond acceptors (Lipinski definition) is 4. The van der Waals surface area contributed by atoms with E-state index in [1.165, 1.54) is 0 Å². The van der Waals surface area contributed by atoms with E-state index in [1.807, 2.05) is 6.20 Å². The highest BCUT2D eigenvalue weighted by molar-refractivity contribution is 5.49. The number of hydrogen-bond donors (Lipinski definition) is 1. The van der Waals surface area contributed by atoms with Gasteiger partial charge in [0.1, 0.15) is 5.82 Å². The molecule has 18 heavy (non-hydrogen) atoms. The van der Waals surface area contributed by atoms with Gasteiger partial charge in [0, 0.05) is 19.1 Å². The van der Waals surface area contributed by atoms with Gasteiger partial charge < -0.3 is 15.0 Å². The van der Waals surface area contributed by atoms with Crippen LogP contribution in [-0.4, -0.2) is 37.3 Å². The predicted octanol–water partition coefficient (Wildman–Crippen LogP) is 2.52. The maximum Gasteiger partial charge on any atom is 0.128 e. The Balaban J connectivity index is 1.96. The second kappa shape index (κ2) is 6.59. The summed E-state index contributed by atoms with van der Waals surface area (Å²) in [7, 11) is 0. The summed E-state index contributed by atoms with van der Waals surface area (Å²) >= 11 is 0. The summed E-state index contributed by atoms with van der Waals surface area (Å²) in [6, 6.07) is 4.76. The summed E-state index contributed by atoms with van der Waals surface area (Å²) in [5.74, 6) is 1.05. The minimum Gasteiger partial charge on any atom is -0.381 e. The highest BCUT2D eigenvalue weighted by Gasteiger charge is 2.12. The highest BCUT2D eigenvalue weighted by atomic mass is 16.5. The molecule has 0 saturated carbocycles. The Hall–Kier alpha value is -1.29. The standard InChI is InChI=1S/C14H23N3O/c1-3-12(4-2)16-13-5-6-14(15-11-13)17-7-9-18-10-8-17/h5-6,11-12,16H,3-4,7-10H2,1-2H3. The van der Waals surface area contributed by atoms with E-state index < -0.39 is 0 Å². The Bertz CT molecular complexity index is 343. The zero-order valence-electron chi connectivity index (χ0n) is 11.4.